The number of benzene rings is 1. The molecule has 1 atom stereocenters. The summed E-state index contributed by atoms with van der Waals surface area (Å²) >= 11 is 0. The first-order valence-electron chi connectivity index (χ1n) is 6.87. The molecule has 0 aliphatic heterocycles. The number of rotatable bonds is 6. The van der Waals surface area contributed by atoms with Crippen molar-refractivity contribution in [2.24, 2.45) is 5.92 Å². The average Bonchev–Trinajstić information content (AvgIpc) is 2.93. The lowest BCUT2D eigenvalue weighted by Gasteiger charge is -2.18. The lowest BCUT2D eigenvalue weighted by Crippen LogP contribution is -2.36. The van der Waals surface area contributed by atoms with Gasteiger partial charge in [0.1, 0.15) is 5.82 Å². The van der Waals surface area contributed by atoms with Gasteiger partial charge in [0, 0.05) is 12.1 Å². The van der Waals surface area contributed by atoms with Crippen molar-refractivity contribution in [3.63, 3.8) is 0 Å². The Labute approximate surface area is 119 Å². The summed E-state index contributed by atoms with van der Waals surface area (Å²) in [6.45, 7) is 0.00144. The van der Waals surface area contributed by atoms with Gasteiger partial charge in [-0.2, -0.15) is 0 Å². The number of hydrogen-bond donors (Lipinski definition) is 2. The van der Waals surface area contributed by atoms with Crippen LogP contribution in [0.2, 0.25) is 0 Å². The van der Waals surface area contributed by atoms with Gasteiger partial charge in [-0.05, 0) is 24.8 Å². The van der Waals surface area contributed by atoms with Crippen LogP contribution in [0.3, 0.4) is 0 Å². The van der Waals surface area contributed by atoms with Crippen molar-refractivity contribution in [1.29, 1.82) is 0 Å². The predicted molar refractivity (Wildman–Crippen MR) is 75.0 cm³/mol. The van der Waals surface area contributed by atoms with E-state index in [0.717, 1.165) is 25.7 Å². The molecule has 1 saturated carbocycles. The second-order valence-corrected chi connectivity index (χ2v) is 7.12. The van der Waals surface area contributed by atoms with Crippen LogP contribution >= 0.6 is 0 Å². The highest BCUT2D eigenvalue weighted by molar-refractivity contribution is 7.88. The van der Waals surface area contributed by atoms with Crippen LogP contribution in [0.1, 0.15) is 31.2 Å². The monoisotopic (exact) mass is 301 g/mol. The molecule has 0 heterocycles. The standard InChI is InChI=1S/C14H20FNO3S/c15-13-8-4-3-7-12(13)10-20(18,19)16-9-14(17)11-5-1-2-6-11/h3-4,7-8,11,14,16-17H,1-2,5-6,9-10H2. The molecule has 2 N–H and O–H groups in total. The summed E-state index contributed by atoms with van der Waals surface area (Å²) in [7, 11) is -3.63. The van der Waals surface area contributed by atoms with Gasteiger partial charge in [0.15, 0.2) is 0 Å². The van der Waals surface area contributed by atoms with Gasteiger partial charge in [0.2, 0.25) is 10.0 Å². The zero-order valence-corrected chi connectivity index (χ0v) is 12.1. The molecular formula is C14H20FNO3S. The molecule has 1 unspecified atom stereocenters. The van der Waals surface area contributed by atoms with E-state index >= 15 is 0 Å². The Morgan fingerprint density at radius 1 is 1.30 bits per heavy atom. The van der Waals surface area contributed by atoms with Crippen molar-refractivity contribution in [2.75, 3.05) is 6.54 Å². The minimum Gasteiger partial charge on any atom is -0.391 e. The lowest BCUT2D eigenvalue weighted by molar-refractivity contribution is 0.115. The zero-order valence-electron chi connectivity index (χ0n) is 11.3. The van der Waals surface area contributed by atoms with Crippen LogP contribution in [-0.2, 0) is 15.8 Å². The van der Waals surface area contributed by atoms with E-state index in [0.29, 0.717) is 0 Å². The van der Waals surface area contributed by atoms with Crippen LogP contribution in [0.15, 0.2) is 24.3 Å². The van der Waals surface area contributed by atoms with Gasteiger partial charge in [0.25, 0.3) is 0 Å². The van der Waals surface area contributed by atoms with Crippen molar-refractivity contribution in [3.05, 3.63) is 35.6 Å². The van der Waals surface area contributed by atoms with Crippen LogP contribution in [0.4, 0.5) is 4.39 Å². The molecule has 1 aromatic carbocycles. The van der Waals surface area contributed by atoms with Crippen LogP contribution in [0.5, 0.6) is 0 Å². The van der Waals surface area contributed by atoms with Crippen LogP contribution in [0, 0.1) is 11.7 Å². The highest BCUT2D eigenvalue weighted by atomic mass is 32.2. The number of aliphatic hydroxyl groups is 1. The third-order valence-corrected chi connectivity index (χ3v) is 5.06. The molecule has 1 aromatic rings. The molecule has 1 aliphatic rings. The molecule has 2 rings (SSSR count). The summed E-state index contributed by atoms with van der Waals surface area (Å²) in [4.78, 5) is 0. The molecule has 20 heavy (non-hydrogen) atoms. The van der Waals surface area contributed by atoms with E-state index in [1.54, 1.807) is 6.07 Å². The number of sulfonamides is 1. The number of nitrogens with one attached hydrogen (secondary N) is 1. The van der Waals surface area contributed by atoms with E-state index in [9.17, 15) is 17.9 Å². The molecule has 0 aromatic heterocycles. The van der Waals surface area contributed by atoms with Gasteiger partial charge < -0.3 is 5.11 Å². The van der Waals surface area contributed by atoms with Gasteiger partial charge in [-0.3, -0.25) is 0 Å². The van der Waals surface area contributed by atoms with Crippen molar-refractivity contribution >= 4 is 10.0 Å². The molecule has 0 spiro atoms. The van der Waals surface area contributed by atoms with Crippen LogP contribution in [-0.4, -0.2) is 26.2 Å². The molecule has 112 valence electrons. The van der Waals surface area contributed by atoms with Gasteiger partial charge in [-0.15, -0.1) is 0 Å². The minimum atomic E-state index is -3.63. The Morgan fingerprint density at radius 2 is 1.95 bits per heavy atom. The highest BCUT2D eigenvalue weighted by Gasteiger charge is 2.24. The molecule has 0 radical (unpaired) electrons. The third-order valence-electron chi connectivity index (χ3n) is 3.76. The molecule has 1 aliphatic carbocycles. The van der Waals surface area contributed by atoms with Crippen molar-refractivity contribution in [1.82, 2.24) is 4.72 Å². The smallest absolute Gasteiger partial charge is 0.215 e. The molecule has 4 nitrogen and oxygen atoms in total. The summed E-state index contributed by atoms with van der Waals surface area (Å²) < 4.78 is 39.6. The van der Waals surface area contributed by atoms with E-state index in [1.165, 1.54) is 18.2 Å². The minimum absolute atomic E-state index is 0.00144. The second-order valence-electron chi connectivity index (χ2n) is 5.31. The van der Waals surface area contributed by atoms with Crippen LogP contribution < -0.4 is 4.72 Å². The molecule has 0 amide bonds. The maximum absolute atomic E-state index is 13.4. The Morgan fingerprint density at radius 3 is 2.60 bits per heavy atom. The van der Waals surface area contributed by atoms with Gasteiger partial charge in [-0.1, -0.05) is 31.0 Å². The predicted octanol–water partition coefficient (Wildman–Crippen LogP) is 1.80. The summed E-state index contributed by atoms with van der Waals surface area (Å²) in [5.74, 6) is -0.766. The van der Waals surface area contributed by atoms with Gasteiger partial charge >= 0.3 is 0 Å². The number of aliphatic hydroxyl groups excluding tert-OH is 1. The summed E-state index contributed by atoms with van der Waals surface area (Å²) in [5.41, 5.74) is 0.135. The van der Waals surface area contributed by atoms with E-state index < -0.39 is 27.7 Å². The van der Waals surface area contributed by atoms with Crippen molar-refractivity contribution < 1.29 is 17.9 Å². The largest absolute Gasteiger partial charge is 0.391 e. The van der Waals surface area contributed by atoms with E-state index in [4.69, 9.17) is 0 Å². The first-order valence-corrected chi connectivity index (χ1v) is 8.52. The third kappa shape index (κ3) is 4.26. The normalized spacial score (nSPS) is 18.3. The maximum atomic E-state index is 13.4. The molecule has 6 heteroatoms. The molecule has 0 saturated heterocycles. The summed E-state index contributed by atoms with van der Waals surface area (Å²) in [6.07, 6.45) is 3.40. The van der Waals surface area contributed by atoms with Crippen molar-refractivity contribution in [2.45, 2.75) is 37.5 Å². The van der Waals surface area contributed by atoms with Crippen LogP contribution in [0.25, 0.3) is 0 Å². The van der Waals surface area contributed by atoms with Crippen molar-refractivity contribution in [3.8, 4) is 0 Å². The Bertz CT molecular complexity index is 541. The SMILES string of the molecule is O=S(=O)(Cc1ccccc1F)NCC(O)C1CCCC1. The van der Waals surface area contributed by atoms with Gasteiger partial charge in [-0.25, -0.2) is 17.5 Å². The molecule has 0 bridgehead atoms. The summed E-state index contributed by atoms with van der Waals surface area (Å²) in [5, 5.41) is 9.93. The lowest BCUT2D eigenvalue weighted by atomic mass is 10.0. The zero-order chi connectivity index (χ0) is 14.6. The van der Waals surface area contributed by atoms with E-state index in [1.807, 2.05) is 0 Å². The van der Waals surface area contributed by atoms with E-state index in [-0.39, 0.29) is 18.0 Å². The first-order chi connectivity index (χ1) is 9.48. The average molecular weight is 301 g/mol. The Kier molecular flexibility index (Phi) is 5.12. The Hall–Kier alpha value is -0.980. The van der Waals surface area contributed by atoms with Gasteiger partial charge in [0.05, 0.1) is 11.9 Å². The fourth-order valence-corrected chi connectivity index (χ4v) is 3.76. The Balaban J connectivity index is 1.89. The fourth-order valence-electron chi connectivity index (χ4n) is 2.59. The quantitative estimate of drug-likeness (QED) is 0.842. The summed E-state index contributed by atoms with van der Waals surface area (Å²) in [6, 6.07) is 5.80. The first kappa shape index (κ1) is 15.4. The number of halogens is 1. The number of hydrogen-bond acceptors (Lipinski definition) is 3. The second kappa shape index (κ2) is 6.65. The molecule has 1 fully saturated rings. The maximum Gasteiger partial charge on any atom is 0.215 e. The van der Waals surface area contributed by atoms with E-state index in [2.05, 4.69) is 4.72 Å². The topological polar surface area (TPSA) is 66.4 Å². The molecular weight excluding hydrogens is 281 g/mol. The highest BCUT2D eigenvalue weighted by Crippen LogP contribution is 2.27. The fraction of sp³-hybridized carbons (Fsp3) is 0.571.